The Labute approximate surface area is 119 Å². The van der Waals surface area contributed by atoms with E-state index in [1.807, 2.05) is 6.92 Å². The molecule has 2 rings (SSSR count). The second-order valence-electron chi connectivity index (χ2n) is 4.17. The monoisotopic (exact) mass is 291 g/mol. The minimum absolute atomic E-state index is 0.0860. The molecular weight excluding hydrogens is 278 g/mol. The number of hydrogen-bond donors (Lipinski definition) is 1. The Balaban J connectivity index is 2.35. The van der Waals surface area contributed by atoms with Gasteiger partial charge in [-0.25, -0.2) is 4.98 Å². The zero-order chi connectivity index (χ0) is 14.7. The highest BCUT2D eigenvalue weighted by Gasteiger charge is 2.18. The van der Waals surface area contributed by atoms with Crippen molar-refractivity contribution in [2.24, 2.45) is 0 Å². The zero-order valence-corrected chi connectivity index (χ0v) is 11.9. The minimum atomic E-state index is -0.488. The van der Waals surface area contributed by atoms with Crippen LogP contribution in [0, 0.1) is 10.1 Å². The fourth-order valence-electron chi connectivity index (χ4n) is 1.64. The van der Waals surface area contributed by atoms with E-state index in [0.717, 1.165) is 12.1 Å². The van der Waals surface area contributed by atoms with E-state index in [9.17, 15) is 14.9 Å². The van der Waals surface area contributed by atoms with E-state index >= 15 is 0 Å². The van der Waals surface area contributed by atoms with Crippen LogP contribution < -0.4 is 0 Å². The van der Waals surface area contributed by atoms with Crippen LogP contribution in [-0.2, 0) is 6.42 Å². The number of nitro groups is 1. The van der Waals surface area contributed by atoms with Crippen molar-refractivity contribution in [3.8, 4) is 0 Å². The zero-order valence-electron chi connectivity index (χ0n) is 11.0. The molecule has 7 heteroatoms. The van der Waals surface area contributed by atoms with Gasteiger partial charge in [-0.05, 0) is 37.2 Å². The second-order valence-corrected chi connectivity index (χ2v) is 5.20. The van der Waals surface area contributed by atoms with Crippen LogP contribution in [0.2, 0.25) is 0 Å². The van der Waals surface area contributed by atoms with Gasteiger partial charge in [-0.15, -0.1) is 0 Å². The summed E-state index contributed by atoms with van der Waals surface area (Å²) >= 11 is 1.18. The normalized spacial score (nSPS) is 10.5. The summed E-state index contributed by atoms with van der Waals surface area (Å²) in [6.45, 7) is 3.37. The second kappa shape index (κ2) is 5.87. The molecule has 0 bridgehead atoms. The third-order valence-corrected chi connectivity index (χ3v) is 3.72. The van der Waals surface area contributed by atoms with Gasteiger partial charge in [0.2, 0.25) is 0 Å². The number of carbonyl (C=O) groups excluding carboxylic acids is 1. The van der Waals surface area contributed by atoms with E-state index in [-0.39, 0.29) is 11.5 Å². The van der Waals surface area contributed by atoms with Crippen molar-refractivity contribution >= 4 is 23.2 Å². The van der Waals surface area contributed by atoms with Gasteiger partial charge in [0, 0.05) is 23.5 Å². The molecule has 0 amide bonds. The van der Waals surface area contributed by atoms with Crippen LogP contribution in [0.5, 0.6) is 0 Å². The molecule has 1 aromatic heterocycles. The number of carbonyl (C=O) groups is 1. The van der Waals surface area contributed by atoms with Crippen molar-refractivity contribution in [1.82, 2.24) is 9.97 Å². The number of hydrogen-bond acceptors (Lipinski definition) is 5. The number of benzene rings is 1. The lowest BCUT2D eigenvalue weighted by Gasteiger charge is -2.02. The lowest BCUT2D eigenvalue weighted by atomic mass is 10.1. The molecule has 20 heavy (non-hydrogen) atoms. The third-order valence-electron chi connectivity index (χ3n) is 2.75. The Morgan fingerprint density at radius 1 is 1.50 bits per heavy atom. The van der Waals surface area contributed by atoms with Crippen molar-refractivity contribution in [1.29, 1.82) is 0 Å². The van der Waals surface area contributed by atoms with Gasteiger partial charge < -0.3 is 4.98 Å². The van der Waals surface area contributed by atoms with Crippen LogP contribution in [0.25, 0.3) is 0 Å². The van der Waals surface area contributed by atoms with Gasteiger partial charge in [0.25, 0.3) is 5.69 Å². The topological polar surface area (TPSA) is 88.9 Å². The molecule has 0 unspecified atom stereocenters. The number of aryl methyl sites for hydroxylation is 1. The summed E-state index contributed by atoms with van der Waals surface area (Å²) in [6.07, 6.45) is 2.52. The van der Waals surface area contributed by atoms with Crippen molar-refractivity contribution in [3.63, 3.8) is 0 Å². The van der Waals surface area contributed by atoms with Crippen LogP contribution in [0.4, 0.5) is 5.69 Å². The van der Waals surface area contributed by atoms with Gasteiger partial charge in [-0.1, -0.05) is 6.92 Å². The van der Waals surface area contributed by atoms with Crippen LogP contribution >= 0.6 is 11.8 Å². The standard InChI is InChI=1S/C13H13N3O3S/c1-3-10-7-14-13(15-10)20-12-5-4-9(8(2)17)6-11(12)16(18)19/h4-7H,3H2,1-2H3,(H,14,15). The van der Waals surface area contributed by atoms with Gasteiger partial charge in [-0.2, -0.15) is 0 Å². The molecule has 1 heterocycles. The van der Waals surface area contributed by atoms with E-state index in [4.69, 9.17) is 0 Å². The minimum Gasteiger partial charge on any atom is -0.337 e. The van der Waals surface area contributed by atoms with Crippen LogP contribution in [0.1, 0.15) is 29.9 Å². The number of nitrogens with one attached hydrogen (secondary N) is 1. The fourth-order valence-corrected chi connectivity index (χ4v) is 2.51. The van der Waals surface area contributed by atoms with E-state index in [0.29, 0.717) is 15.6 Å². The molecule has 0 aliphatic heterocycles. The molecule has 2 aromatic rings. The van der Waals surface area contributed by atoms with Crippen LogP contribution in [0.15, 0.2) is 34.4 Å². The van der Waals surface area contributed by atoms with Gasteiger partial charge >= 0.3 is 0 Å². The summed E-state index contributed by atoms with van der Waals surface area (Å²) in [4.78, 5) is 29.6. The predicted molar refractivity (Wildman–Crippen MR) is 75.2 cm³/mol. The lowest BCUT2D eigenvalue weighted by Crippen LogP contribution is -1.97. The first-order valence-corrected chi connectivity index (χ1v) is 6.84. The van der Waals surface area contributed by atoms with Crippen molar-refractivity contribution < 1.29 is 9.72 Å². The molecule has 0 radical (unpaired) electrons. The average molecular weight is 291 g/mol. The highest BCUT2D eigenvalue weighted by molar-refractivity contribution is 7.99. The van der Waals surface area contributed by atoms with Gasteiger partial charge in [0.05, 0.1) is 9.82 Å². The maximum absolute atomic E-state index is 11.3. The van der Waals surface area contributed by atoms with Crippen molar-refractivity contribution in [2.45, 2.75) is 30.3 Å². The van der Waals surface area contributed by atoms with E-state index in [1.165, 1.54) is 24.8 Å². The SMILES string of the molecule is CCc1cnc(Sc2ccc(C(C)=O)cc2[N+](=O)[O-])[nH]1. The molecule has 6 nitrogen and oxygen atoms in total. The third kappa shape index (κ3) is 3.05. The summed E-state index contributed by atoms with van der Waals surface area (Å²) in [6, 6.07) is 4.46. The number of imidazole rings is 1. The number of ketones is 1. The molecule has 0 fully saturated rings. The number of nitro benzene ring substituents is 1. The molecule has 104 valence electrons. The number of aromatic amines is 1. The molecule has 0 saturated carbocycles. The van der Waals surface area contributed by atoms with Gasteiger partial charge in [-0.3, -0.25) is 14.9 Å². The summed E-state index contributed by atoms with van der Waals surface area (Å²) in [5.41, 5.74) is 1.21. The van der Waals surface area contributed by atoms with Crippen LogP contribution in [-0.4, -0.2) is 20.7 Å². The van der Waals surface area contributed by atoms with Crippen molar-refractivity contribution in [3.05, 3.63) is 45.8 Å². The van der Waals surface area contributed by atoms with Gasteiger partial charge in [0.1, 0.15) is 0 Å². The van der Waals surface area contributed by atoms with E-state index < -0.39 is 4.92 Å². The average Bonchev–Trinajstić information content (AvgIpc) is 2.86. The summed E-state index contributed by atoms with van der Waals surface area (Å²) < 4.78 is 0. The molecule has 0 saturated heterocycles. The molecule has 0 atom stereocenters. The Morgan fingerprint density at radius 3 is 2.80 bits per heavy atom. The number of Topliss-reactive ketones (excluding diaryl/α,β-unsaturated/α-hetero) is 1. The van der Waals surface area contributed by atoms with E-state index in [2.05, 4.69) is 9.97 Å². The molecule has 0 aliphatic carbocycles. The van der Waals surface area contributed by atoms with Crippen molar-refractivity contribution in [2.75, 3.05) is 0 Å². The lowest BCUT2D eigenvalue weighted by molar-refractivity contribution is -0.387. The molecule has 0 aliphatic rings. The van der Waals surface area contributed by atoms with Gasteiger partial charge in [0.15, 0.2) is 10.9 Å². The summed E-state index contributed by atoms with van der Waals surface area (Å²) in [5.74, 6) is -0.198. The molecule has 0 spiro atoms. The Kier molecular flexibility index (Phi) is 4.19. The Morgan fingerprint density at radius 2 is 2.25 bits per heavy atom. The Bertz CT molecular complexity index is 667. The van der Waals surface area contributed by atoms with Crippen LogP contribution in [0.3, 0.4) is 0 Å². The summed E-state index contributed by atoms with van der Waals surface area (Å²) in [7, 11) is 0. The first kappa shape index (κ1) is 14.3. The molecule has 1 N–H and O–H groups in total. The molecular formula is C13H13N3O3S. The fraction of sp³-hybridized carbons (Fsp3) is 0.231. The predicted octanol–water partition coefficient (Wildman–Crippen LogP) is 3.23. The first-order valence-electron chi connectivity index (χ1n) is 6.02. The maximum atomic E-state index is 11.3. The maximum Gasteiger partial charge on any atom is 0.284 e. The number of aromatic nitrogens is 2. The Hall–Kier alpha value is -2.15. The number of nitrogens with zero attached hydrogens (tertiary/aromatic N) is 2. The summed E-state index contributed by atoms with van der Waals surface area (Å²) in [5, 5.41) is 11.7. The highest BCUT2D eigenvalue weighted by atomic mass is 32.2. The largest absolute Gasteiger partial charge is 0.337 e. The van der Waals surface area contributed by atoms with E-state index in [1.54, 1.807) is 18.3 Å². The quantitative estimate of drug-likeness (QED) is 0.519. The molecule has 1 aromatic carbocycles. The highest BCUT2D eigenvalue weighted by Crippen LogP contribution is 2.34. The number of H-pyrrole nitrogens is 1. The number of rotatable bonds is 5. The first-order chi connectivity index (χ1) is 9.51. The smallest absolute Gasteiger partial charge is 0.284 e.